The Bertz CT molecular complexity index is 1400. The van der Waals surface area contributed by atoms with Crippen molar-refractivity contribution in [2.24, 2.45) is 0 Å². The highest BCUT2D eigenvalue weighted by atomic mass is 19.4. The van der Waals surface area contributed by atoms with E-state index in [9.17, 15) is 22.0 Å². The molecule has 0 unspecified atom stereocenters. The number of nitrogens with zero attached hydrogens (tertiary/aromatic N) is 2. The lowest BCUT2D eigenvalue weighted by molar-refractivity contribution is -0.276. The second-order valence-corrected chi connectivity index (χ2v) is 9.06. The third kappa shape index (κ3) is 7.40. The summed E-state index contributed by atoms with van der Waals surface area (Å²) in [6.45, 7) is 2.74. The van der Waals surface area contributed by atoms with Gasteiger partial charge in [-0.3, -0.25) is 0 Å². The molecule has 0 aliphatic carbocycles. The molecule has 0 saturated carbocycles. The van der Waals surface area contributed by atoms with Crippen molar-refractivity contribution in [2.45, 2.75) is 51.8 Å². The van der Waals surface area contributed by atoms with Crippen molar-refractivity contribution in [1.29, 1.82) is 0 Å². The lowest BCUT2D eigenvalue weighted by Gasteiger charge is -2.12. The third-order valence-electron chi connectivity index (χ3n) is 6.15. The number of halogens is 6. The molecule has 4 aromatic rings. The van der Waals surface area contributed by atoms with Crippen molar-refractivity contribution in [1.82, 2.24) is 9.97 Å². The van der Waals surface area contributed by atoms with Gasteiger partial charge in [-0.25, -0.2) is 23.1 Å². The lowest BCUT2D eigenvalue weighted by atomic mass is 9.98. The molecule has 0 fully saturated rings. The van der Waals surface area contributed by atoms with Crippen LogP contribution in [-0.4, -0.2) is 22.9 Å². The van der Waals surface area contributed by atoms with Gasteiger partial charge >= 0.3 is 6.36 Å². The molecule has 0 bridgehead atoms. The van der Waals surface area contributed by atoms with Gasteiger partial charge in [0, 0.05) is 10.9 Å². The monoisotopic (exact) mass is 548 g/mol. The van der Waals surface area contributed by atoms with E-state index in [0.29, 0.717) is 40.1 Å². The van der Waals surface area contributed by atoms with Crippen LogP contribution >= 0.6 is 0 Å². The Balaban J connectivity index is 1.44. The summed E-state index contributed by atoms with van der Waals surface area (Å²) >= 11 is 0. The van der Waals surface area contributed by atoms with Crippen LogP contribution in [0.2, 0.25) is 0 Å². The van der Waals surface area contributed by atoms with Crippen LogP contribution < -0.4 is 9.47 Å². The predicted octanol–water partition coefficient (Wildman–Crippen LogP) is 8.36. The van der Waals surface area contributed by atoms with Crippen molar-refractivity contribution in [3.8, 4) is 22.9 Å². The van der Waals surface area contributed by atoms with E-state index in [2.05, 4.69) is 21.6 Å². The molecule has 1 aromatic heterocycles. The number of hydrogen-bond donors (Lipinski definition) is 0. The van der Waals surface area contributed by atoms with Crippen molar-refractivity contribution >= 4 is 10.8 Å². The average molecular weight is 549 g/mol. The summed E-state index contributed by atoms with van der Waals surface area (Å²) in [5.74, 6) is -3.95. The van der Waals surface area contributed by atoms with Gasteiger partial charge in [-0.2, -0.15) is 0 Å². The number of aryl methyl sites for hydroxylation is 2. The quantitative estimate of drug-likeness (QED) is 0.140. The van der Waals surface area contributed by atoms with E-state index in [1.54, 1.807) is 42.7 Å². The van der Waals surface area contributed by atoms with Gasteiger partial charge < -0.3 is 9.47 Å². The van der Waals surface area contributed by atoms with Gasteiger partial charge in [0.15, 0.2) is 23.2 Å². The molecule has 1 heterocycles. The Labute approximate surface area is 221 Å². The fourth-order valence-corrected chi connectivity index (χ4v) is 4.18. The first kappa shape index (κ1) is 28.2. The maximum atomic E-state index is 15.2. The third-order valence-corrected chi connectivity index (χ3v) is 6.15. The molecule has 4 rings (SSSR count). The van der Waals surface area contributed by atoms with Gasteiger partial charge in [0.1, 0.15) is 5.82 Å². The minimum Gasteiger partial charge on any atom is -0.490 e. The Morgan fingerprint density at radius 2 is 1.54 bits per heavy atom. The Morgan fingerprint density at radius 3 is 2.21 bits per heavy atom. The van der Waals surface area contributed by atoms with Crippen LogP contribution in [0.1, 0.15) is 43.7 Å². The van der Waals surface area contributed by atoms with Crippen LogP contribution in [0, 0.1) is 17.5 Å². The van der Waals surface area contributed by atoms with Gasteiger partial charge in [-0.05, 0) is 54.0 Å². The van der Waals surface area contributed by atoms with E-state index in [1.807, 2.05) is 0 Å². The summed E-state index contributed by atoms with van der Waals surface area (Å²) in [6.07, 6.45) is 2.44. The zero-order valence-electron chi connectivity index (χ0n) is 21.1. The summed E-state index contributed by atoms with van der Waals surface area (Å²) in [5.41, 5.74) is 1.06. The lowest BCUT2D eigenvalue weighted by Crippen LogP contribution is -2.19. The van der Waals surface area contributed by atoms with E-state index in [-0.39, 0.29) is 18.4 Å². The van der Waals surface area contributed by atoms with Crippen molar-refractivity contribution in [3.63, 3.8) is 0 Å². The minimum atomic E-state index is -5.23. The zero-order chi connectivity index (χ0) is 28.0. The van der Waals surface area contributed by atoms with Gasteiger partial charge in [-0.15, -0.1) is 13.2 Å². The number of fused-ring (bicyclic) bond motifs is 1. The number of ether oxygens (including phenoxy) is 2. The summed E-state index contributed by atoms with van der Waals surface area (Å²) in [5, 5.41) is 0.953. The highest BCUT2D eigenvalue weighted by molar-refractivity contribution is 5.87. The number of hydrogen-bond acceptors (Lipinski definition) is 4. The van der Waals surface area contributed by atoms with Crippen molar-refractivity contribution < 1.29 is 35.8 Å². The highest BCUT2D eigenvalue weighted by Crippen LogP contribution is 2.31. The number of benzene rings is 3. The van der Waals surface area contributed by atoms with E-state index >= 15 is 4.39 Å². The second kappa shape index (κ2) is 12.4. The number of alkyl halides is 3. The SMILES string of the molecule is CCCCCCOc1cnc(-c2ccc3c(F)c(CCc4cc(F)c(OC(F)(F)F)c(F)c4)ccc3c2)nc1. The normalized spacial score (nSPS) is 11.7. The molecule has 10 heteroatoms. The molecule has 0 spiro atoms. The standard InChI is InChI=1S/C29H26F6N2O2/c1-2-3-4-5-12-38-22-16-36-28(37-17-22)21-10-11-23-20(15-21)9-8-19(26(23)32)7-6-18-13-24(30)27(25(31)14-18)39-29(33,34)35/h8-11,13-17H,2-7,12H2,1H3. The largest absolute Gasteiger partial charge is 0.573 e. The van der Waals surface area contributed by atoms with Crippen LogP contribution in [0.4, 0.5) is 26.3 Å². The number of rotatable bonds is 11. The molecule has 4 nitrogen and oxygen atoms in total. The Morgan fingerprint density at radius 1 is 0.821 bits per heavy atom. The van der Waals surface area contributed by atoms with Gasteiger partial charge in [-0.1, -0.05) is 50.5 Å². The molecule has 0 aliphatic heterocycles. The molecule has 3 aromatic carbocycles. The molecule has 0 radical (unpaired) electrons. The number of aromatic nitrogens is 2. The molecule has 39 heavy (non-hydrogen) atoms. The van der Waals surface area contributed by atoms with Crippen molar-refractivity contribution in [3.05, 3.63) is 83.4 Å². The van der Waals surface area contributed by atoms with Gasteiger partial charge in [0.2, 0.25) is 5.75 Å². The maximum Gasteiger partial charge on any atom is 0.573 e. The van der Waals surface area contributed by atoms with Crippen molar-refractivity contribution in [2.75, 3.05) is 6.61 Å². The topological polar surface area (TPSA) is 44.2 Å². The minimum absolute atomic E-state index is 0.00150. The number of unbranched alkanes of at least 4 members (excludes halogenated alkanes) is 3. The summed E-state index contributed by atoms with van der Waals surface area (Å²) < 4.78 is 89.3. The Hall–Kier alpha value is -3.82. The van der Waals surface area contributed by atoms with E-state index in [0.717, 1.165) is 31.4 Å². The molecule has 0 aliphatic rings. The van der Waals surface area contributed by atoms with Gasteiger partial charge in [0.05, 0.1) is 19.0 Å². The average Bonchev–Trinajstić information content (AvgIpc) is 2.90. The van der Waals surface area contributed by atoms with Crippen LogP contribution in [0.3, 0.4) is 0 Å². The first-order chi connectivity index (χ1) is 18.6. The molecular weight excluding hydrogens is 522 g/mol. The molecule has 206 valence electrons. The summed E-state index contributed by atoms with van der Waals surface area (Å²) in [7, 11) is 0. The van der Waals surface area contributed by atoms with Crippen LogP contribution in [0.25, 0.3) is 22.2 Å². The first-order valence-corrected chi connectivity index (χ1v) is 12.5. The van der Waals surface area contributed by atoms with E-state index < -0.39 is 29.6 Å². The summed E-state index contributed by atoms with van der Waals surface area (Å²) in [4.78, 5) is 8.70. The first-order valence-electron chi connectivity index (χ1n) is 12.5. The van der Waals surface area contributed by atoms with E-state index in [4.69, 9.17) is 4.74 Å². The van der Waals surface area contributed by atoms with Crippen LogP contribution in [0.5, 0.6) is 11.5 Å². The fourth-order valence-electron chi connectivity index (χ4n) is 4.18. The van der Waals surface area contributed by atoms with Gasteiger partial charge in [0.25, 0.3) is 0 Å². The second-order valence-electron chi connectivity index (χ2n) is 9.06. The molecule has 0 amide bonds. The molecule has 0 N–H and O–H groups in total. The molecule has 0 saturated heterocycles. The predicted molar refractivity (Wildman–Crippen MR) is 135 cm³/mol. The molecule has 0 atom stereocenters. The Kier molecular flexibility index (Phi) is 8.93. The van der Waals surface area contributed by atoms with Crippen LogP contribution in [0.15, 0.2) is 54.9 Å². The zero-order valence-corrected chi connectivity index (χ0v) is 21.1. The summed E-state index contributed by atoms with van der Waals surface area (Å²) in [6, 6.07) is 9.83. The van der Waals surface area contributed by atoms with E-state index in [1.165, 1.54) is 6.42 Å². The maximum absolute atomic E-state index is 15.2. The smallest absolute Gasteiger partial charge is 0.490 e. The highest BCUT2D eigenvalue weighted by Gasteiger charge is 2.34. The van der Waals surface area contributed by atoms with Crippen LogP contribution in [-0.2, 0) is 12.8 Å². The molecular formula is C29H26F6N2O2. The fraction of sp³-hybridized carbons (Fsp3) is 0.310.